The first kappa shape index (κ1) is 22.5. The summed E-state index contributed by atoms with van der Waals surface area (Å²) in [6, 6.07) is 9.73. The summed E-state index contributed by atoms with van der Waals surface area (Å²) in [6.45, 7) is 4.87. The zero-order valence-electron chi connectivity index (χ0n) is 18.6. The number of nitrogens with zero attached hydrogens (tertiary/aromatic N) is 5. The number of benzene rings is 1. The number of aliphatic hydroxyl groups is 1. The average Bonchev–Trinajstić information content (AvgIpc) is 3.26. The molecule has 1 aromatic carbocycles. The molecule has 10 heteroatoms. The Morgan fingerprint density at radius 3 is 2.68 bits per heavy atom. The Morgan fingerprint density at radius 1 is 1.18 bits per heavy atom. The second kappa shape index (κ2) is 9.90. The molecule has 5 rings (SSSR count). The maximum absolute atomic E-state index is 11.5. The van der Waals surface area contributed by atoms with Crippen molar-refractivity contribution in [1.82, 2.24) is 24.8 Å². The third-order valence-corrected chi connectivity index (χ3v) is 6.57. The molecule has 0 bridgehead atoms. The fraction of sp³-hybridized carbons (Fsp3) is 0.292. The number of pyridine rings is 1. The molecule has 4 aromatic rings. The Balaban J connectivity index is 1.47. The van der Waals surface area contributed by atoms with Crippen molar-refractivity contribution in [2.45, 2.75) is 13.0 Å². The van der Waals surface area contributed by atoms with Crippen LogP contribution in [0.2, 0.25) is 0 Å². The Labute approximate surface area is 200 Å². The average molecular weight is 477 g/mol. The third-order valence-electron chi connectivity index (χ3n) is 5.55. The molecule has 9 nitrogen and oxygen atoms in total. The van der Waals surface area contributed by atoms with Gasteiger partial charge in [0.25, 0.3) is 0 Å². The molecule has 0 aliphatic carbocycles. The lowest BCUT2D eigenvalue weighted by Crippen LogP contribution is -2.39. The van der Waals surface area contributed by atoms with Crippen molar-refractivity contribution in [3.63, 3.8) is 0 Å². The molecule has 1 unspecified atom stereocenters. The molecule has 1 saturated heterocycles. The van der Waals surface area contributed by atoms with Crippen LogP contribution in [0, 0.1) is 0 Å². The van der Waals surface area contributed by atoms with Gasteiger partial charge in [0, 0.05) is 56.3 Å². The smallest absolute Gasteiger partial charge is 0.223 e. The lowest BCUT2D eigenvalue weighted by Gasteiger charge is -2.28. The number of fused-ring (bicyclic) bond motifs is 1. The van der Waals surface area contributed by atoms with Crippen molar-refractivity contribution in [1.29, 1.82) is 0 Å². The van der Waals surface area contributed by atoms with E-state index in [2.05, 4.69) is 30.2 Å². The minimum Gasteiger partial charge on any atom is -0.384 e. The Kier molecular flexibility index (Phi) is 6.54. The molecule has 0 spiro atoms. The minimum atomic E-state index is -0.766. The number of rotatable bonds is 6. The number of hydrogen-bond acceptors (Lipinski definition) is 9. The van der Waals surface area contributed by atoms with Gasteiger partial charge in [-0.15, -0.1) is 0 Å². The number of amides is 1. The van der Waals surface area contributed by atoms with Crippen molar-refractivity contribution < 1.29 is 14.6 Å². The summed E-state index contributed by atoms with van der Waals surface area (Å²) in [5.41, 5.74) is 4.16. The van der Waals surface area contributed by atoms with Crippen molar-refractivity contribution in [2.75, 3.05) is 38.2 Å². The highest BCUT2D eigenvalue weighted by atomic mass is 32.1. The lowest BCUT2D eigenvalue weighted by atomic mass is 10.0. The summed E-state index contributed by atoms with van der Waals surface area (Å²) in [6.07, 6.45) is 4.42. The second-order valence-electron chi connectivity index (χ2n) is 8.05. The minimum absolute atomic E-state index is 0.168. The van der Waals surface area contributed by atoms with Gasteiger partial charge in [-0.05, 0) is 29.8 Å². The number of hydrogen-bond donors (Lipinski definition) is 2. The molecule has 1 fully saturated rings. The molecule has 3 aromatic heterocycles. The van der Waals surface area contributed by atoms with Gasteiger partial charge in [-0.1, -0.05) is 17.4 Å². The van der Waals surface area contributed by atoms with E-state index in [0.717, 1.165) is 45.7 Å². The van der Waals surface area contributed by atoms with Gasteiger partial charge in [0.15, 0.2) is 11.0 Å². The van der Waals surface area contributed by atoms with E-state index in [1.54, 1.807) is 18.6 Å². The Bertz CT molecular complexity index is 1290. The van der Waals surface area contributed by atoms with E-state index in [9.17, 15) is 9.90 Å². The molecule has 1 atom stereocenters. The van der Waals surface area contributed by atoms with Gasteiger partial charge in [-0.3, -0.25) is 14.7 Å². The molecule has 4 heterocycles. The Hall–Kier alpha value is -3.31. The SMILES string of the molecule is CC(=O)Nc1nc2cc(-c3cnc(C(O)CN4CCOCC4)nc3)cc(-c3ccccn3)c2s1. The summed E-state index contributed by atoms with van der Waals surface area (Å²) in [5.74, 6) is 0.223. The van der Waals surface area contributed by atoms with E-state index in [-0.39, 0.29) is 5.91 Å². The summed E-state index contributed by atoms with van der Waals surface area (Å²) >= 11 is 1.41. The normalized spacial score (nSPS) is 15.4. The van der Waals surface area contributed by atoms with Crippen LogP contribution < -0.4 is 5.32 Å². The highest BCUT2D eigenvalue weighted by Gasteiger charge is 2.19. The number of carbonyl (C=O) groups excluding carboxylic acids is 1. The zero-order valence-corrected chi connectivity index (χ0v) is 19.5. The van der Waals surface area contributed by atoms with Gasteiger partial charge < -0.3 is 15.2 Å². The van der Waals surface area contributed by atoms with Crippen molar-refractivity contribution in [3.05, 3.63) is 54.7 Å². The van der Waals surface area contributed by atoms with Crippen LogP contribution in [0.4, 0.5) is 5.13 Å². The molecule has 1 aliphatic heterocycles. The van der Waals surface area contributed by atoms with Crippen molar-refractivity contribution in [2.24, 2.45) is 0 Å². The predicted molar refractivity (Wildman–Crippen MR) is 130 cm³/mol. The number of morpholine rings is 1. The summed E-state index contributed by atoms with van der Waals surface area (Å²) in [4.78, 5) is 31.7. The van der Waals surface area contributed by atoms with E-state index in [1.807, 2.05) is 30.3 Å². The second-order valence-corrected chi connectivity index (χ2v) is 9.05. The molecule has 0 saturated carbocycles. The molecular formula is C24H24N6O3S. The Morgan fingerprint density at radius 2 is 1.97 bits per heavy atom. The maximum atomic E-state index is 11.5. The van der Waals surface area contributed by atoms with Crippen molar-refractivity contribution >= 4 is 32.6 Å². The van der Waals surface area contributed by atoms with E-state index in [4.69, 9.17) is 4.74 Å². The summed E-state index contributed by atoms with van der Waals surface area (Å²) in [7, 11) is 0. The van der Waals surface area contributed by atoms with E-state index >= 15 is 0 Å². The quantitative estimate of drug-likeness (QED) is 0.436. The fourth-order valence-electron chi connectivity index (χ4n) is 3.88. The molecule has 2 N–H and O–H groups in total. The standard InChI is InChI=1S/C24H24N6O3S/c1-15(31)28-24-29-20-11-16(10-18(22(20)34-24)19-4-2-3-5-25-19)17-12-26-23(27-13-17)21(32)14-30-6-8-33-9-7-30/h2-5,10-13,21,32H,6-9,14H2,1H3,(H,28,29,31). The number of carbonyl (C=O) groups is 1. The third kappa shape index (κ3) is 4.95. The predicted octanol–water partition coefficient (Wildman–Crippen LogP) is 3.14. The molecule has 1 amide bonds. The van der Waals surface area contributed by atoms with E-state index in [1.165, 1.54) is 18.3 Å². The first-order valence-corrected chi connectivity index (χ1v) is 11.8. The fourth-order valence-corrected chi connectivity index (χ4v) is 4.90. The van der Waals surface area contributed by atoms with Gasteiger partial charge in [-0.25, -0.2) is 15.0 Å². The van der Waals surface area contributed by atoms with Gasteiger partial charge in [0.1, 0.15) is 6.10 Å². The van der Waals surface area contributed by atoms with Gasteiger partial charge >= 0.3 is 0 Å². The van der Waals surface area contributed by atoms with Crippen LogP contribution in [0.1, 0.15) is 18.9 Å². The van der Waals surface area contributed by atoms with Crippen LogP contribution in [-0.4, -0.2) is 68.7 Å². The van der Waals surface area contributed by atoms with E-state index in [0.29, 0.717) is 30.7 Å². The summed E-state index contributed by atoms with van der Waals surface area (Å²) in [5, 5.41) is 13.9. The molecule has 34 heavy (non-hydrogen) atoms. The summed E-state index contributed by atoms with van der Waals surface area (Å²) < 4.78 is 6.30. The topological polar surface area (TPSA) is 113 Å². The van der Waals surface area contributed by atoms with Crippen LogP contribution in [0.3, 0.4) is 0 Å². The number of aliphatic hydroxyl groups excluding tert-OH is 1. The number of β-amino-alcohol motifs (C(OH)–C–C–N with tert-alkyl or cyclic N) is 1. The molecule has 1 aliphatic rings. The first-order chi connectivity index (χ1) is 16.6. The van der Waals surface area contributed by atoms with Crippen LogP contribution in [-0.2, 0) is 9.53 Å². The van der Waals surface area contributed by atoms with E-state index < -0.39 is 6.10 Å². The van der Waals surface area contributed by atoms with Gasteiger partial charge in [0.2, 0.25) is 5.91 Å². The first-order valence-electron chi connectivity index (χ1n) is 11.0. The molecular weight excluding hydrogens is 452 g/mol. The highest BCUT2D eigenvalue weighted by molar-refractivity contribution is 7.22. The van der Waals surface area contributed by atoms with Crippen molar-refractivity contribution in [3.8, 4) is 22.4 Å². The lowest BCUT2D eigenvalue weighted by molar-refractivity contribution is -0.114. The number of nitrogens with one attached hydrogen (secondary N) is 1. The molecule has 174 valence electrons. The van der Waals surface area contributed by atoms with Crippen LogP contribution in [0.25, 0.3) is 32.6 Å². The number of ether oxygens (including phenoxy) is 1. The maximum Gasteiger partial charge on any atom is 0.223 e. The van der Waals surface area contributed by atoms with Crippen LogP contribution in [0.5, 0.6) is 0 Å². The van der Waals surface area contributed by atoms with Gasteiger partial charge in [0.05, 0.1) is 29.1 Å². The number of thiazole rings is 1. The van der Waals surface area contributed by atoms with Gasteiger partial charge in [-0.2, -0.15) is 0 Å². The monoisotopic (exact) mass is 476 g/mol. The number of anilines is 1. The number of aromatic nitrogens is 4. The highest BCUT2D eigenvalue weighted by Crippen LogP contribution is 2.38. The largest absolute Gasteiger partial charge is 0.384 e. The van der Waals surface area contributed by atoms with Crippen LogP contribution in [0.15, 0.2) is 48.9 Å². The van der Waals surface area contributed by atoms with Crippen LogP contribution >= 0.6 is 11.3 Å². The molecule has 0 radical (unpaired) electrons. The zero-order chi connectivity index (χ0) is 23.5.